The average molecular weight is 460 g/mol. The number of phenolic OH excluding ortho intramolecular Hbond substituents is 1. The number of hydrogen-bond acceptors (Lipinski definition) is 7. The summed E-state index contributed by atoms with van der Waals surface area (Å²) in [4.78, 5) is 10.4. The number of sulfonamides is 1. The average Bonchev–Trinajstić information content (AvgIpc) is 3.11. The highest BCUT2D eigenvalue weighted by Crippen LogP contribution is 2.38. The molecule has 0 amide bonds. The van der Waals surface area contributed by atoms with Gasteiger partial charge in [-0.25, -0.2) is 22.8 Å². The zero-order valence-electron chi connectivity index (χ0n) is 16.0. The molecule has 1 aliphatic heterocycles. The molecule has 0 unspecified atom stereocenters. The maximum Gasteiger partial charge on any atom is 0.419 e. The Bertz CT molecular complexity index is 1250. The molecule has 0 aliphatic carbocycles. The lowest BCUT2D eigenvalue weighted by Crippen LogP contribution is -2.48. The van der Waals surface area contributed by atoms with E-state index >= 15 is 0 Å². The van der Waals surface area contributed by atoms with E-state index in [-0.39, 0.29) is 35.5 Å². The van der Waals surface area contributed by atoms with Gasteiger partial charge >= 0.3 is 6.18 Å². The molecular formula is C17H16F4N6O3S. The Balaban J connectivity index is 1.66. The fourth-order valence-corrected chi connectivity index (χ4v) is 4.17. The van der Waals surface area contributed by atoms with Gasteiger partial charge in [-0.1, -0.05) is 0 Å². The van der Waals surface area contributed by atoms with Gasteiger partial charge in [-0.05, 0) is 12.1 Å². The van der Waals surface area contributed by atoms with Crippen LogP contribution >= 0.6 is 0 Å². The van der Waals surface area contributed by atoms with Crippen molar-refractivity contribution in [2.75, 3.05) is 37.3 Å². The molecule has 9 nitrogen and oxygen atoms in total. The largest absolute Gasteiger partial charge is 0.505 e. The zero-order valence-corrected chi connectivity index (χ0v) is 16.8. The van der Waals surface area contributed by atoms with Gasteiger partial charge in [0.2, 0.25) is 10.0 Å². The number of anilines is 1. The zero-order chi connectivity index (χ0) is 22.6. The quantitative estimate of drug-likeness (QED) is 0.574. The number of alkyl halides is 3. The van der Waals surface area contributed by atoms with Gasteiger partial charge < -0.3 is 10.0 Å². The monoisotopic (exact) mass is 460 g/mol. The van der Waals surface area contributed by atoms with E-state index in [4.69, 9.17) is 0 Å². The van der Waals surface area contributed by atoms with Crippen molar-refractivity contribution in [2.24, 2.45) is 0 Å². The van der Waals surface area contributed by atoms with Crippen molar-refractivity contribution < 1.29 is 31.1 Å². The van der Waals surface area contributed by atoms with Crippen molar-refractivity contribution >= 4 is 27.0 Å². The maximum absolute atomic E-state index is 13.7. The lowest BCUT2D eigenvalue weighted by Gasteiger charge is -2.33. The van der Waals surface area contributed by atoms with Crippen LogP contribution in [0.25, 0.3) is 22.4 Å². The van der Waals surface area contributed by atoms with Crippen LogP contribution in [-0.4, -0.2) is 70.4 Å². The number of aromatic amines is 1. The number of phenols is 1. The summed E-state index contributed by atoms with van der Waals surface area (Å²) < 4.78 is 77.5. The summed E-state index contributed by atoms with van der Waals surface area (Å²) >= 11 is 0. The first-order chi connectivity index (χ1) is 14.4. The van der Waals surface area contributed by atoms with Crippen LogP contribution < -0.4 is 4.90 Å². The molecule has 0 spiro atoms. The second-order valence-corrected chi connectivity index (χ2v) is 8.98. The standard InChI is InChI=1S/C17H16F4N6O3S/c1-31(29,30)27-4-2-26(3-5-27)12-8-22-15-14(24-25-16(15)23-12)9-6-10(17(19,20)21)13(18)11(28)7-9/h6-8,28H,2-5H2,1H3,(H,23,24,25). The minimum absolute atomic E-state index is 0.0308. The first-order valence-corrected chi connectivity index (χ1v) is 10.8. The van der Waals surface area contributed by atoms with Crippen LogP contribution in [0.5, 0.6) is 5.75 Å². The third-order valence-electron chi connectivity index (χ3n) is 4.92. The Morgan fingerprint density at radius 2 is 1.84 bits per heavy atom. The number of nitrogens with one attached hydrogen (secondary N) is 1. The number of benzene rings is 1. The number of rotatable bonds is 3. The van der Waals surface area contributed by atoms with E-state index in [2.05, 4.69) is 20.2 Å². The van der Waals surface area contributed by atoms with Gasteiger partial charge in [-0.15, -0.1) is 0 Å². The number of fused-ring (bicyclic) bond motifs is 1. The Hall–Kier alpha value is -3.00. The van der Waals surface area contributed by atoms with Gasteiger partial charge in [0.25, 0.3) is 0 Å². The summed E-state index contributed by atoms with van der Waals surface area (Å²) in [5, 5.41) is 16.1. The number of nitrogens with zero attached hydrogens (tertiary/aromatic N) is 5. The number of piperazine rings is 1. The van der Waals surface area contributed by atoms with E-state index in [9.17, 15) is 31.1 Å². The number of aromatic nitrogens is 4. The molecule has 2 N–H and O–H groups in total. The molecule has 3 heterocycles. The highest BCUT2D eigenvalue weighted by atomic mass is 32.2. The third-order valence-corrected chi connectivity index (χ3v) is 6.22. The fraction of sp³-hybridized carbons (Fsp3) is 0.353. The van der Waals surface area contributed by atoms with Crippen molar-refractivity contribution in [1.29, 1.82) is 0 Å². The molecule has 31 heavy (non-hydrogen) atoms. The number of H-pyrrole nitrogens is 1. The number of aromatic hydroxyl groups is 1. The van der Waals surface area contributed by atoms with Crippen LogP contribution in [-0.2, 0) is 16.2 Å². The second-order valence-electron chi connectivity index (χ2n) is 7.00. The van der Waals surface area contributed by atoms with Gasteiger partial charge in [0.1, 0.15) is 17.0 Å². The van der Waals surface area contributed by atoms with Crippen LogP contribution in [0, 0.1) is 5.82 Å². The van der Waals surface area contributed by atoms with Crippen molar-refractivity contribution in [3.05, 3.63) is 29.7 Å². The van der Waals surface area contributed by atoms with E-state index in [0.29, 0.717) is 25.0 Å². The molecule has 1 aromatic carbocycles. The molecule has 166 valence electrons. The van der Waals surface area contributed by atoms with Crippen LogP contribution in [0.2, 0.25) is 0 Å². The first-order valence-electron chi connectivity index (χ1n) is 8.96. The van der Waals surface area contributed by atoms with Crippen molar-refractivity contribution in [2.45, 2.75) is 6.18 Å². The minimum Gasteiger partial charge on any atom is -0.505 e. The summed E-state index contributed by atoms with van der Waals surface area (Å²) in [6.45, 7) is 1.33. The molecule has 1 saturated heterocycles. The molecule has 0 atom stereocenters. The molecular weight excluding hydrogens is 444 g/mol. The van der Waals surface area contributed by atoms with Gasteiger partial charge in [0.15, 0.2) is 17.2 Å². The summed E-state index contributed by atoms with van der Waals surface area (Å²) in [5.74, 6) is -2.49. The minimum atomic E-state index is -5.00. The normalized spacial score (nSPS) is 16.2. The summed E-state index contributed by atoms with van der Waals surface area (Å²) in [6.07, 6.45) is -2.47. The van der Waals surface area contributed by atoms with E-state index in [1.807, 2.05) is 4.90 Å². The Morgan fingerprint density at radius 1 is 1.16 bits per heavy atom. The molecule has 2 aromatic heterocycles. The summed E-state index contributed by atoms with van der Waals surface area (Å²) in [6, 6.07) is 1.38. The van der Waals surface area contributed by atoms with Crippen LogP contribution in [0.1, 0.15) is 5.56 Å². The highest BCUT2D eigenvalue weighted by Gasteiger charge is 2.36. The molecule has 0 radical (unpaired) electrons. The SMILES string of the molecule is CS(=O)(=O)N1CCN(c2cnc3c(-c4cc(O)c(F)c(C(F)(F)F)c4)n[nH]c3n2)CC1. The van der Waals surface area contributed by atoms with Crippen molar-refractivity contribution in [1.82, 2.24) is 24.5 Å². The van der Waals surface area contributed by atoms with Gasteiger partial charge in [0, 0.05) is 31.7 Å². The molecule has 4 rings (SSSR count). The predicted molar refractivity (Wildman–Crippen MR) is 102 cm³/mol. The number of halogens is 4. The van der Waals surface area contributed by atoms with Gasteiger partial charge in [-0.2, -0.15) is 22.6 Å². The van der Waals surface area contributed by atoms with Crippen molar-refractivity contribution in [3.8, 4) is 17.0 Å². The summed E-state index contributed by atoms with van der Waals surface area (Å²) in [5.41, 5.74) is -1.52. The Labute approximate surface area is 173 Å². The van der Waals surface area contributed by atoms with Crippen LogP contribution in [0.15, 0.2) is 18.3 Å². The molecule has 14 heteroatoms. The van der Waals surface area contributed by atoms with Crippen LogP contribution in [0.4, 0.5) is 23.4 Å². The van der Waals surface area contributed by atoms with Crippen molar-refractivity contribution in [3.63, 3.8) is 0 Å². The van der Waals surface area contributed by atoms with E-state index in [0.717, 1.165) is 12.3 Å². The molecule has 3 aromatic rings. The van der Waals surface area contributed by atoms with Gasteiger partial charge in [0.05, 0.1) is 18.0 Å². The first kappa shape index (κ1) is 21.2. The topological polar surface area (TPSA) is 115 Å². The van der Waals surface area contributed by atoms with E-state index in [1.165, 1.54) is 10.5 Å². The Morgan fingerprint density at radius 3 is 2.45 bits per heavy atom. The predicted octanol–water partition coefficient (Wildman–Crippen LogP) is 1.96. The smallest absolute Gasteiger partial charge is 0.419 e. The molecule has 0 saturated carbocycles. The third kappa shape index (κ3) is 3.99. The maximum atomic E-state index is 13.7. The van der Waals surface area contributed by atoms with E-state index < -0.39 is 33.3 Å². The molecule has 1 fully saturated rings. The summed E-state index contributed by atoms with van der Waals surface area (Å²) in [7, 11) is -3.29. The Kier molecular flexibility index (Phi) is 5.00. The molecule has 1 aliphatic rings. The number of hydrogen-bond donors (Lipinski definition) is 2. The van der Waals surface area contributed by atoms with E-state index in [1.54, 1.807) is 0 Å². The fourth-order valence-electron chi connectivity index (χ4n) is 3.35. The molecule has 0 bridgehead atoms. The highest BCUT2D eigenvalue weighted by molar-refractivity contribution is 7.88. The lowest BCUT2D eigenvalue weighted by atomic mass is 10.1. The van der Waals surface area contributed by atoms with Gasteiger partial charge in [-0.3, -0.25) is 5.10 Å². The second kappa shape index (κ2) is 7.30. The lowest BCUT2D eigenvalue weighted by molar-refractivity contribution is -0.140. The van der Waals surface area contributed by atoms with Crippen LogP contribution in [0.3, 0.4) is 0 Å².